The second kappa shape index (κ2) is 7.73. The van der Waals surface area contributed by atoms with Gasteiger partial charge >= 0.3 is 6.18 Å². The molecule has 1 aliphatic rings. The predicted octanol–water partition coefficient (Wildman–Crippen LogP) is 5.28. The molecular formula is C23H18F3N5O2S. The molecule has 1 amide bonds. The number of Topliss-reactive ketones (excluding diaryl/α,β-unsaturated/α-hetero) is 1. The zero-order valence-electron chi connectivity index (χ0n) is 18.1. The van der Waals surface area contributed by atoms with Crippen LogP contribution in [0.15, 0.2) is 42.6 Å². The third-order valence-electron chi connectivity index (χ3n) is 5.53. The molecule has 0 atom stereocenters. The number of hydrogen-bond donors (Lipinski definition) is 1. The molecule has 0 aliphatic heterocycles. The fourth-order valence-corrected chi connectivity index (χ4v) is 4.93. The topological polar surface area (TPSA) is 89.2 Å². The Hall–Kier alpha value is -3.60. The Morgan fingerprint density at radius 2 is 1.88 bits per heavy atom. The van der Waals surface area contributed by atoms with E-state index in [2.05, 4.69) is 20.4 Å². The lowest BCUT2D eigenvalue weighted by atomic mass is 9.78. The maximum absolute atomic E-state index is 13.8. The number of ketones is 1. The molecule has 5 rings (SSSR count). The summed E-state index contributed by atoms with van der Waals surface area (Å²) in [5.41, 5.74) is -0.497. The number of aromatic nitrogens is 4. The van der Waals surface area contributed by atoms with Crippen molar-refractivity contribution in [3.05, 3.63) is 64.4 Å². The van der Waals surface area contributed by atoms with Crippen LogP contribution >= 0.6 is 11.3 Å². The molecule has 174 valence electrons. The number of carbonyl (C=O) groups excluding carboxylic acids is 2. The van der Waals surface area contributed by atoms with Gasteiger partial charge in [-0.05, 0) is 17.9 Å². The SMILES string of the molecule is CC1(C)CC(=O)c2sc(NC(=O)c3cnn4c(C(F)(F)F)cc(-c5ccccc5)nc34)nc2C1. The lowest BCUT2D eigenvalue weighted by Crippen LogP contribution is -2.26. The number of rotatable bonds is 3. The normalized spacial score (nSPS) is 15.4. The van der Waals surface area contributed by atoms with E-state index in [-0.39, 0.29) is 33.2 Å². The molecule has 1 aliphatic carbocycles. The van der Waals surface area contributed by atoms with Crippen molar-refractivity contribution in [1.82, 2.24) is 19.6 Å². The van der Waals surface area contributed by atoms with Gasteiger partial charge in [0.2, 0.25) is 0 Å². The number of anilines is 1. The van der Waals surface area contributed by atoms with Crippen molar-refractivity contribution in [2.45, 2.75) is 32.9 Å². The Bertz CT molecular complexity index is 1440. The molecule has 34 heavy (non-hydrogen) atoms. The van der Waals surface area contributed by atoms with Crippen molar-refractivity contribution in [1.29, 1.82) is 0 Å². The third-order valence-corrected chi connectivity index (χ3v) is 6.59. The number of nitrogens with one attached hydrogen (secondary N) is 1. The highest BCUT2D eigenvalue weighted by atomic mass is 32.1. The minimum atomic E-state index is -4.72. The number of halogens is 3. The molecule has 1 aromatic carbocycles. The van der Waals surface area contributed by atoms with E-state index in [0.717, 1.165) is 23.6 Å². The summed E-state index contributed by atoms with van der Waals surface area (Å²) in [7, 11) is 0. The zero-order chi connectivity index (χ0) is 24.3. The van der Waals surface area contributed by atoms with E-state index in [1.807, 2.05) is 13.8 Å². The smallest absolute Gasteiger partial charge is 0.298 e. The number of nitrogens with zero attached hydrogens (tertiary/aromatic N) is 4. The summed E-state index contributed by atoms with van der Waals surface area (Å²) in [5.74, 6) is -0.747. The number of hydrogen-bond acceptors (Lipinski definition) is 6. The molecule has 3 heterocycles. The molecule has 0 fully saturated rings. The Kier molecular flexibility index (Phi) is 5.05. The Balaban J connectivity index is 1.55. The van der Waals surface area contributed by atoms with Crippen molar-refractivity contribution in [2.24, 2.45) is 5.41 Å². The van der Waals surface area contributed by atoms with Gasteiger partial charge < -0.3 is 0 Å². The van der Waals surface area contributed by atoms with Gasteiger partial charge in [0, 0.05) is 12.0 Å². The third kappa shape index (κ3) is 3.96. The quantitative estimate of drug-likeness (QED) is 0.427. The monoisotopic (exact) mass is 485 g/mol. The summed E-state index contributed by atoms with van der Waals surface area (Å²) in [4.78, 5) is 34.6. The van der Waals surface area contributed by atoms with Crippen LogP contribution in [0.3, 0.4) is 0 Å². The summed E-state index contributed by atoms with van der Waals surface area (Å²) >= 11 is 1.06. The molecule has 0 saturated carbocycles. The molecule has 4 aromatic rings. The van der Waals surface area contributed by atoms with Crippen LogP contribution in [0.1, 0.15) is 51.7 Å². The van der Waals surface area contributed by atoms with Crippen molar-refractivity contribution in [2.75, 3.05) is 5.32 Å². The highest BCUT2D eigenvalue weighted by Gasteiger charge is 2.37. The first-order chi connectivity index (χ1) is 16.0. The van der Waals surface area contributed by atoms with Gasteiger partial charge in [0.1, 0.15) is 5.56 Å². The molecule has 0 saturated heterocycles. The van der Waals surface area contributed by atoms with E-state index in [1.54, 1.807) is 30.3 Å². The van der Waals surface area contributed by atoms with Crippen LogP contribution in [0, 0.1) is 5.41 Å². The Labute approximate surface area is 195 Å². The molecule has 0 unspecified atom stereocenters. The fourth-order valence-electron chi connectivity index (χ4n) is 4.02. The number of alkyl halides is 3. The average Bonchev–Trinajstić information content (AvgIpc) is 3.36. The van der Waals surface area contributed by atoms with E-state index >= 15 is 0 Å². The Morgan fingerprint density at radius 3 is 2.59 bits per heavy atom. The molecule has 7 nitrogen and oxygen atoms in total. The van der Waals surface area contributed by atoms with E-state index in [0.29, 0.717) is 33.5 Å². The summed E-state index contributed by atoms with van der Waals surface area (Å²) in [5, 5.41) is 6.59. The first-order valence-corrected chi connectivity index (χ1v) is 11.2. The lowest BCUT2D eigenvalue weighted by molar-refractivity contribution is -0.142. The summed E-state index contributed by atoms with van der Waals surface area (Å²) in [6.07, 6.45) is -2.69. The zero-order valence-corrected chi connectivity index (χ0v) is 18.9. The second-order valence-electron chi connectivity index (χ2n) is 8.87. The molecule has 1 N–H and O–H groups in total. The standard InChI is InChI=1S/C23H18F3N5O2S/c1-22(2)9-15-18(16(32)10-22)34-21(29-15)30-20(33)13-11-27-31-17(23(24,25)26)8-14(28-19(13)31)12-6-4-3-5-7-12/h3-8,11H,9-10H2,1-2H3,(H,29,30,33). The van der Waals surface area contributed by atoms with E-state index in [4.69, 9.17) is 0 Å². The summed E-state index contributed by atoms with van der Waals surface area (Å²) in [6.45, 7) is 3.94. The van der Waals surface area contributed by atoms with Crippen LogP contribution < -0.4 is 5.32 Å². The van der Waals surface area contributed by atoms with Crippen molar-refractivity contribution >= 4 is 33.8 Å². The van der Waals surface area contributed by atoms with Gasteiger partial charge in [-0.3, -0.25) is 14.9 Å². The van der Waals surface area contributed by atoms with Gasteiger partial charge in [-0.1, -0.05) is 55.5 Å². The summed E-state index contributed by atoms with van der Waals surface area (Å²) < 4.78 is 41.9. The molecule has 11 heteroatoms. The summed E-state index contributed by atoms with van der Waals surface area (Å²) in [6, 6.07) is 9.28. The van der Waals surface area contributed by atoms with E-state index in [9.17, 15) is 22.8 Å². The highest BCUT2D eigenvalue weighted by Crippen LogP contribution is 2.38. The Morgan fingerprint density at radius 1 is 1.15 bits per heavy atom. The van der Waals surface area contributed by atoms with Crippen molar-refractivity contribution in [3.8, 4) is 11.3 Å². The fraction of sp³-hybridized carbons (Fsp3) is 0.261. The van der Waals surface area contributed by atoms with Crippen LogP contribution in [0.5, 0.6) is 0 Å². The van der Waals surface area contributed by atoms with E-state index < -0.39 is 17.8 Å². The average molecular weight is 485 g/mol. The molecule has 0 radical (unpaired) electrons. The first-order valence-electron chi connectivity index (χ1n) is 10.4. The van der Waals surface area contributed by atoms with Gasteiger partial charge in [-0.15, -0.1) is 0 Å². The number of benzene rings is 1. The second-order valence-corrected chi connectivity index (χ2v) is 9.87. The van der Waals surface area contributed by atoms with Crippen LogP contribution in [-0.4, -0.2) is 31.3 Å². The van der Waals surface area contributed by atoms with Crippen molar-refractivity contribution in [3.63, 3.8) is 0 Å². The highest BCUT2D eigenvalue weighted by molar-refractivity contribution is 7.17. The predicted molar refractivity (Wildman–Crippen MR) is 120 cm³/mol. The lowest BCUT2D eigenvalue weighted by Gasteiger charge is -2.26. The van der Waals surface area contributed by atoms with Gasteiger partial charge in [0.15, 0.2) is 22.3 Å². The number of thiazole rings is 1. The van der Waals surface area contributed by atoms with Crippen LogP contribution in [0.2, 0.25) is 0 Å². The molecule has 0 spiro atoms. The van der Waals surface area contributed by atoms with E-state index in [1.165, 1.54) is 0 Å². The molecule has 3 aromatic heterocycles. The number of carbonyl (C=O) groups is 2. The number of fused-ring (bicyclic) bond motifs is 2. The van der Waals surface area contributed by atoms with Gasteiger partial charge in [0.05, 0.1) is 22.5 Å². The number of amides is 1. The maximum atomic E-state index is 13.8. The van der Waals surface area contributed by atoms with Crippen LogP contribution in [-0.2, 0) is 12.6 Å². The van der Waals surface area contributed by atoms with Crippen LogP contribution in [0.4, 0.5) is 18.3 Å². The van der Waals surface area contributed by atoms with Gasteiger partial charge in [-0.2, -0.15) is 18.3 Å². The van der Waals surface area contributed by atoms with Gasteiger partial charge in [0.25, 0.3) is 5.91 Å². The van der Waals surface area contributed by atoms with Crippen molar-refractivity contribution < 1.29 is 22.8 Å². The molecule has 0 bridgehead atoms. The maximum Gasteiger partial charge on any atom is 0.433 e. The minimum Gasteiger partial charge on any atom is -0.298 e. The first kappa shape index (κ1) is 22.2. The molecular weight excluding hydrogens is 467 g/mol. The van der Waals surface area contributed by atoms with Gasteiger partial charge in [-0.25, -0.2) is 14.5 Å². The minimum absolute atomic E-state index is 0.0378. The van der Waals surface area contributed by atoms with Crippen LogP contribution in [0.25, 0.3) is 16.9 Å². The largest absolute Gasteiger partial charge is 0.433 e.